The van der Waals surface area contributed by atoms with Crippen molar-refractivity contribution in [3.63, 3.8) is 0 Å². The van der Waals surface area contributed by atoms with Gasteiger partial charge in [0, 0.05) is 11.1 Å². The zero-order valence-electron chi connectivity index (χ0n) is 11.0. The molecule has 0 aliphatic heterocycles. The smallest absolute Gasteiger partial charge is 0.343 e. The average molecular weight is 292 g/mol. The maximum absolute atomic E-state index is 10.9. The van der Waals surface area contributed by atoms with Gasteiger partial charge in [0.05, 0.1) is 6.54 Å². The molecule has 2 rings (SSSR count). The van der Waals surface area contributed by atoms with Crippen molar-refractivity contribution in [2.75, 3.05) is 0 Å². The van der Waals surface area contributed by atoms with E-state index < -0.39 is 4.92 Å². The normalized spacial score (nSPS) is 11.1. The fourth-order valence-electron chi connectivity index (χ4n) is 1.86. The number of hydrogen-bond donors (Lipinski definition) is 0. The van der Waals surface area contributed by atoms with Crippen LogP contribution >= 0.6 is 11.6 Å². The van der Waals surface area contributed by atoms with E-state index in [-0.39, 0.29) is 5.82 Å². The molecule has 5 nitrogen and oxygen atoms in total. The Morgan fingerprint density at radius 3 is 2.65 bits per heavy atom. The summed E-state index contributed by atoms with van der Waals surface area (Å²) in [6, 6.07) is 7.34. The molecule has 0 aliphatic carbocycles. The van der Waals surface area contributed by atoms with Crippen LogP contribution in [0.1, 0.15) is 24.7 Å². The molecule has 0 radical (unpaired) electrons. The zero-order valence-corrected chi connectivity index (χ0v) is 11.7. The fourth-order valence-corrected chi connectivity index (χ4v) is 1.98. The predicted molar refractivity (Wildman–Crippen MR) is 79.6 cm³/mol. The van der Waals surface area contributed by atoms with Crippen LogP contribution in [0.4, 0.5) is 5.82 Å². The van der Waals surface area contributed by atoms with Gasteiger partial charge in [-0.05, 0) is 35.1 Å². The van der Waals surface area contributed by atoms with E-state index in [0.717, 1.165) is 12.0 Å². The number of nitro groups is 1. The van der Waals surface area contributed by atoms with Gasteiger partial charge in [-0.3, -0.25) is 0 Å². The van der Waals surface area contributed by atoms with Crippen molar-refractivity contribution in [2.24, 2.45) is 0 Å². The minimum absolute atomic E-state index is 0.0163. The van der Waals surface area contributed by atoms with Crippen molar-refractivity contribution >= 4 is 29.6 Å². The molecule has 20 heavy (non-hydrogen) atoms. The van der Waals surface area contributed by atoms with Gasteiger partial charge in [0.15, 0.2) is 0 Å². The summed E-state index contributed by atoms with van der Waals surface area (Å²) >= 11 is 5.82. The van der Waals surface area contributed by atoms with Gasteiger partial charge in [0.1, 0.15) is 6.20 Å². The Hall–Kier alpha value is -2.14. The van der Waals surface area contributed by atoms with E-state index in [0.29, 0.717) is 17.4 Å². The van der Waals surface area contributed by atoms with Crippen LogP contribution in [-0.4, -0.2) is 14.5 Å². The Bertz CT molecular complexity index is 632. The Morgan fingerprint density at radius 1 is 1.35 bits per heavy atom. The topological polar surface area (TPSA) is 61.0 Å². The van der Waals surface area contributed by atoms with Crippen LogP contribution in [0.15, 0.2) is 30.5 Å². The van der Waals surface area contributed by atoms with Crippen molar-refractivity contribution in [2.45, 2.75) is 19.9 Å². The standard InChI is InChI=1S/C14H14ClN3O2/c1-2-9-17-13(16-10-14(17)18(19)20)8-5-11-3-6-12(15)7-4-11/h3-8,10H,2,9H2,1H3. The Labute approximate surface area is 121 Å². The number of aromatic nitrogens is 2. The molecule has 0 amide bonds. The van der Waals surface area contributed by atoms with Crippen molar-refractivity contribution in [1.29, 1.82) is 0 Å². The monoisotopic (exact) mass is 291 g/mol. The van der Waals surface area contributed by atoms with Crippen molar-refractivity contribution in [3.05, 3.63) is 57.0 Å². The lowest BCUT2D eigenvalue weighted by Gasteiger charge is -2.00. The first kappa shape index (κ1) is 14.3. The molecule has 0 atom stereocenters. The average Bonchev–Trinajstić information content (AvgIpc) is 2.82. The van der Waals surface area contributed by atoms with Gasteiger partial charge in [-0.25, -0.2) is 9.55 Å². The second-order valence-corrected chi connectivity index (χ2v) is 4.70. The molecule has 1 aromatic carbocycles. The third kappa shape index (κ3) is 3.24. The van der Waals surface area contributed by atoms with E-state index in [1.165, 1.54) is 6.20 Å². The lowest BCUT2D eigenvalue weighted by Crippen LogP contribution is -2.04. The van der Waals surface area contributed by atoms with Crippen LogP contribution in [0, 0.1) is 10.1 Å². The molecule has 0 spiro atoms. The number of nitrogens with zero attached hydrogens (tertiary/aromatic N) is 3. The molecule has 1 aromatic heterocycles. The third-order valence-corrected chi connectivity index (χ3v) is 3.05. The van der Waals surface area contributed by atoms with Crippen LogP contribution in [0.3, 0.4) is 0 Å². The highest BCUT2D eigenvalue weighted by molar-refractivity contribution is 6.30. The summed E-state index contributed by atoms with van der Waals surface area (Å²) in [5.41, 5.74) is 0.961. The maximum atomic E-state index is 10.9. The summed E-state index contributed by atoms with van der Waals surface area (Å²) < 4.78 is 1.60. The Balaban J connectivity index is 2.28. The first-order valence-electron chi connectivity index (χ1n) is 6.25. The lowest BCUT2D eigenvalue weighted by atomic mass is 10.2. The SMILES string of the molecule is CCCn1c([N+](=O)[O-])cnc1C=Cc1ccc(Cl)cc1. The number of hydrogen-bond acceptors (Lipinski definition) is 3. The first-order valence-corrected chi connectivity index (χ1v) is 6.63. The van der Waals surface area contributed by atoms with Gasteiger partial charge in [-0.1, -0.05) is 30.7 Å². The molecule has 6 heteroatoms. The molecule has 0 aliphatic rings. The molecular formula is C14H14ClN3O2. The molecule has 0 unspecified atom stereocenters. The van der Waals surface area contributed by atoms with Gasteiger partial charge in [-0.15, -0.1) is 0 Å². The summed E-state index contributed by atoms with van der Waals surface area (Å²) in [5.74, 6) is 0.594. The summed E-state index contributed by atoms with van der Waals surface area (Å²) in [4.78, 5) is 14.6. The minimum Gasteiger partial charge on any atom is -0.358 e. The number of imidazole rings is 1. The summed E-state index contributed by atoms with van der Waals surface area (Å²) in [6.45, 7) is 2.53. The second-order valence-electron chi connectivity index (χ2n) is 4.27. The summed E-state index contributed by atoms with van der Waals surface area (Å²) in [5, 5.41) is 11.6. The third-order valence-electron chi connectivity index (χ3n) is 2.79. The molecule has 0 bridgehead atoms. The van der Waals surface area contributed by atoms with Gasteiger partial charge in [-0.2, -0.15) is 0 Å². The van der Waals surface area contributed by atoms with Crippen LogP contribution in [0.5, 0.6) is 0 Å². The first-order chi connectivity index (χ1) is 9.61. The zero-order chi connectivity index (χ0) is 14.5. The maximum Gasteiger partial charge on any atom is 0.343 e. The summed E-state index contributed by atoms with van der Waals surface area (Å²) in [6.07, 6.45) is 5.72. The highest BCUT2D eigenvalue weighted by atomic mass is 35.5. The minimum atomic E-state index is -0.414. The molecule has 0 saturated heterocycles. The molecule has 0 saturated carbocycles. The molecular weight excluding hydrogens is 278 g/mol. The van der Waals surface area contributed by atoms with Crippen LogP contribution in [-0.2, 0) is 6.54 Å². The molecule has 1 heterocycles. The Kier molecular flexibility index (Phi) is 4.53. The van der Waals surface area contributed by atoms with Gasteiger partial charge < -0.3 is 10.1 Å². The van der Waals surface area contributed by atoms with Gasteiger partial charge in [0.25, 0.3) is 0 Å². The largest absolute Gasteiger partial charge is 0.358 e. The molecule has 0 N–H and O–H groups in total. The van der Waals surface area contributed by atoms with Gasteiger partial charge >= 0.3 is 5.82 Å². The number of halogens is 1. The predicted octanol–water partition coefficient (Wildman–Crippen LogP) is 4.03. The van der Waals surface area contributed by atoms with Crippen LogP contribution in [0.2, 0.25) is 5.02 Å². The van der Waals surface area contributed by atoms with E-state index in [4.69, 9.17) is 11.6 Å². The van der Waals surface area contributed by atoms with E-state index in [1.807, 2.05) is 25.1 Å². The molecule has 104 valence electrons. The van der Waals surface area contributed by atoms with E-state index in [1.54, 1.807) is 22.8 Å². The van der Waals surface area contributed by atoms with E-state index >= 15 is 0 Å². The molecule has 0 fully saturated rings. The fraction of sp³-hybridized carbons (Fsp3) is 0.214. The van der Waals surface area contributed by atoms with Gasteiger partial charge in [0.2, 0.25) is 5.82 Å². The lowest BCUT2D eigenvalue weighted by molar-refractivity contribution is -0.392. The number of benzene rings is 1. The van der Waals surface area contributed by atoms with E-state index in [9.17, 15) is 10.1 Å². The van der Waals surface area contributed by atoms with Crippen LogP contribution < -0.4 is 0 Å². The highest BCUT2D eigenvalue weighted by Crippen LogP contribution is 2.17. The van der Waals surface area contributed by atoms with Crippen LogP contribution in [0.25, 0.3) is 12.2 Å². The van der Waals surface area contributed by atoms with Crippen molar-refractivity contribution < 1.29 is 4.92 Å². The molecule has 2 aromatic rings. The highest BCUT2D eigenvalue weighted by Gasteiger charge is 2.17. The van der Waals surface area contributed by atoms with E-state index in [2.05, 4.69) is 4.98 Å². The second kappa shape index (κ2) is 6.34. The van der Waals surface area contributed by atoms with Crippen molar-refractivity contribution in [1.82, 2.24) is 9.55 Å². The quantitative estimate of drug-likeness (QED) is 0.617. The number of rotatable bonds is 5. The summed E-state index contributed by atoms with van der Waals surface area (Å²) in [7, 11) is 0. The Morgan fingerprint density at radius 2 is 2.05 bits per heavy atom. The van der Waals surface area contributed by atoms with Crippen molar-refractivity contribution in [3.8, 4) is 0 Å².